The fourth-order valence-electron chi connectivity index (χ4n) is 4.24. The third-order valence-electron chi connectivity index (χ3n) is 6.33. The van der Waals surface area contributed by atoms with Crippen molar-refractivity contribution in [1.82, 2.24) is 14.9 Å². The molecule has 0 aliphatic carbocycles. The summed E-state index contributed by atoms with van der Waals surface area (Å²) in [5.41, 5.74) is 6.32. The second-order valence-corrected chi connectivity index (χ2v) is 8.99. The molecule has 1 atom stereocenters. The predicted molar refractivity (Wildman–Crippen MR) is 139 cm³/mol. The summed E-state index contributed by atoms with van der Waals surface area (Å²) in [6.07, 6.45) is -0.765. The maximum Gasteiger partial charge on any atom is 0.416 e. The van der Waals surface area contributed by atoms with E-state index in [0.717, 1.165) is 31.6 Å². The number of rotatable bonds is 5. The molecule has 8 nitrogen and oxygen atoms in total. The lowest BCUT2D eigenvalue weighted by Crippen LogP contribution is -2.34. The topological polar surface area (TPSA) is 96.6 Å². The van der Waals surface area contributed by atoms with Crippen LogP contribution in [0.5, 0.6) is 5.75 Å². The molecule has 2 aromatic carbocycles. The Kier molecular flexibility index (Phi) is 7.73. The number of nitrogens with zero attached hydrogens (tertiary/aromatic N) is 4. The molecule has 4 rings (SSSR count). The minimum atomic E-state index is -4.57. The van der Waals surface area contributed by atoms with E-state index < -0.39 is 17.6 Å². The molecule has 0 radical (unpaired) electrons. The zero-order valence-corrected chi connectivity index (χ0v) is 21.1. The van der Waals surface area contributed by atoms with E-state index in [1.807, 2.05) is 19.0 Å². The van der Waals surface area contributed by atoms with Gasteiger partial charge in [0.15, 0.2) is 0 Å². The highest BCUT2D eigenvalue weighted by Gasteiger charge is 2.33. The van der Waals surface area contributed by atoms with Crippen molar-refractivity contribution in [3.63, 3.8) is 0 Å². The van der Waals surface area contributed by atoms with Gasteiger partial charge in [0.2, 0.25) is 5.95 Å². The summed E-state index contributed by atoms with van der Waals surface area (Å²) in [5.74, 6) is 5.56. The molecule has 1 aliphatic heterocycles. The Morgan fingerprint density at radius 3 is 2.50 bits per heavy atom. The number of ether oxygens (including phenoxy) is 1. The molecule has 1 fully saturated rings. The SMILES string of the molecule is COc1ccc(C#Cc2cnc(N)nc2)cc1C(=O)Nc1cc(C(F)(F)F)ccc1N(C)[C@H]1CCN(C)C1. The third-order valence-corrected chi connectivity index (χ3v) is 6.33. The number of nitrogens with two attached hydrogens (primary N) is 1. The summed E-state index contributed by atoms with van der Waals surface area (Å²) in [4.78, 5) is 25.2. The monoisotopic (exact) mass is 524 g/mol. The second kappa shape index (κ2) is 11.0. The summed E-state index contributed by atoms with van der Waals surface area (Å²) in [6, 6.07) is 8.23. The minimum Gasteiger partial charge on any atom is -0.496 e. The van der Waals surface area contributed by atoms with Crippen molar-refractivity contribution in [2.45, 2.75) is 18.6 Å². The number of methoxy groups -OCH3 is 1. The zero-order valence-electron chi connectivity index (χ0n) is 21.1. The van der Waals surface area contributed by atoms with Gasteiger partial charge in [0, 0.05) is 37.6 Å². The van der Waals surface area contributed by atoms with Gasteiger partial charge in [0.25, 0.3) is 5.91 Å². The van der Waals surface area contributed by atoms with Crippen LogP contribution in [0.2, 0.25) is 0 Å². The van der Waals surface area contributed by atoms with Crippen LogP contribution in [0.15, 0.2) is 48.8 Å². The number of nitrogens with one attached hydrogen (secondary N) is 1. The van der Waals surface area contributed by atoms with Gasteiger partial charge < -0.3 is 25.6 Å². The molecule has 38 heavy (non-hydrogen) atoms. The van der Waals surface area contributed by atoms with Crippen molar-refractivity contribution in [3.05, 3.63) is 71.0 Å². The fraction of sp³-hybridized carbons (Fsp3) is 0.296. The summed E-state index contributed by atoms with van der Waals surface area (Å²) in [5, 5.41) is 2.68. The average molecular weight is 525 g/mol. The molecule has 11 heteroatoms. The van der Waals surface area contributed by atoms with Crippen molar-refractivity contribution in [2.75, 3.05) is 50.2 Å². The van der Waals surface area contributed by atoms with Gasteiger partial charge in [-0.15, -0.1) is 0 Å². The lowest BCUT2D eigenvalue weighted by atomic mass is 10.1. The molecule has 3 N–H and O–H groups in total. The first-order chi connectivity index (χ1) is 18.0. The zero-order chi connectivity index (χ0) is 27.4. The van der Waals surface area contributed by atoms with E-state index in [2.05, 4.69) is 32.0 Å². The normalized spacial score (nSPS) is 15.5. The van der Waals surface area contributed by atoms with E-state index in [9.17, 15) is 18.0 Å². The van der Waals surface area contributed by atoms with Gasteiger partial charge in [-0.05, 0) is 56.4 Å². The van der Waals surface area contributed by atoms with E-state index in [0.29, 0.717) is 16.8 Å². The first-order valence-electron chi connectivity index (χ1n) is 11.8. The summed E-state index contributed by atoms with van der Waals surface area (Å²) in [7, 11) is 5.22. The minimum absolute atomic E-state index is 0.0550. The van der Waals surface area contributed by atoms with Crippen LogP contribution in [0.25, 0.3) is 0 Å². The van der Waals surface area contributed by atoms with Gasteiger partial charge in [-0.25, -0.2) is 9.97 Å². The van der Waals surface area contributed by atoms with Crippen molar-refractivity contribution in [2.24, 2.45) is 0 Å². The van der Waals surface area contributed by atoms with Crippen LogP contribution in [0.3, 0.4) is 0 Å². The molecule has 3 aromatic rings. The predicted octanol–water partition coefficient (Wildman–Crippen LogP) is 3.88. The molecule has 1 aromatic heterocycles. The fourth-order valence-corrected chi connectivity index (χ4v) is 4.24. The van der Waals surface area contributed by atoms with Crippen LogP contribution in [-0.2, 0) is 6.18 Å². The van der Waals surface area contributed by atoms with Crippen LogP contribution in [-0.4, -0.2) is 61.1 Å². The van der Waals surface area contributed by atoms with Gasteiger partial charge in [-0.1, -0.05) is 11.8 Å². The quantitative estimate of drug-likeness (QED) is 0.489. The maximum atomic E-state index is 13.5. The average Bonchev–Trinajstić information content (AvgIpc) is 3.33. The molecular formula is C27H27F3N6O2. The highest BCUT2D eigenvalue weighted by atomic mass is 19.4. The number of benzene rings is 2. The Hall–Kier alpha value is -4.30. The smallest absolute Gasteiger partial charge is 0.416 e. The number of hydrogen-bond acceptors (Lipinski definition) is 7. The van der Waals surface area contributed by atoms with E-state index in [1.54, 1.807) is 12.1 Å². The Balaban J connectivity index is 1.67. The van der Waals surface area contributed by atoms with Crippen LogP contribution in [0, 0.1) is 11.8 Å². The van der Waals surface area contributed by atoms with Crippen molar-refractivity contribution in [3.8, 4) is 17.6 Å². The van der Waals surface area contributed by atoms with E-state index in [4.69, 9.17) is 10.5 Å². The van der Waals surface area contributed by atoms with Crippen LogP contribution in [0.4, 0.5) is 30.5 Å². The van der Waals surface area contributed by atoms with E-state index >= 15 is 0 Å². The van der Waals surface area contributed by atoms with Gasteiger partial charge in [0.05, 0.1) is 35.2 Å². The summed E-state index contributed by atoms with van der Waals surface area (Å²) >= 11 is 0. The molecular weight excluding hydrogens is 497 g/mol. The lowest BCUT2D eigenvalue weighted by Gasteiger charge is -2.29. The third kappa shape index (κ3) is 6.15. The van der Waals surface area contributed by atoms with E-state index in [-0.39, 0.29) is 29.0 Å². The molecule has 1 aliphatic rings. The molecule has 0 spiro atoms. The first-order valence-corrected chi connectivity index (χ1v) is 11.8. The number of carbonyl (C=O) groups excluding carboxylic acids is 1. The molecule has 0 bridgehead atoms. The molecule has 0 saturated carbocycles. The van der Waals surface area contributed by atoms with Gasteiger partial charge >= 0.3 is 6.18 Å². The number of carbonyl (C=O) groups is 1. The molecule has 2 heterocycles. The number of hydrogen-bond donors (Lipinski definition) is 2. The number of anilines is 3. The number of alkyl halides is 3. The number of halogens is 3. The van der Waals surface area contributed by atoms with Crippen LogP contribution >= 0.6 is 0 Å². The molecule has 0 unspecified atom stereocenters. The number of nitrogen functional groups attached to an aromatic ring is 1. The first kappa shape index (κ1) is 26.8. The Labute approximate surface area is 218 Å². The molecule has 198 valence electrons. The lowest BCUT2D eigenvalue weighted by molar-refractivity contribution is -0.137. The van der Waals surface area contributed by atoms with Crippen LogP contribution in [0.1, 0.15) is 33.5 Å². The maximum absolute atomic E-state index is 13.5. The van der Waals surface area contributed by atoms with Crippen molar-refractivity contribution < 1.29 is 22.7 Å². The number of amides is 1. The van der Waals surface area contributed by atoms with Crippen molar-refractivity contribution >= 4 is 23.2 Å². The standard InChI is InChI=1S/C27H27F3N6O2/c1-35-11-10-20(16-35)36(2)23-8-7-19(27(28,29)30)13-22(23)34-25(37)21-12-17(6-9-24(21)38-3)4-5-18-14-32-26(31)33-15-18/h6-9,12-15,20H,10-11,16H2,1-3H3,(H,34,37)(H2,31,32,33)/t20-/m0/s1. The Bertz CT molecular complexity index is 1380. The molecule has 1 saturated heterocycles. The summed E-state index contributed by atoms with van der Waals surface area (Å²) in [6.45, 7) is 1.64. The number of aromatic nitrogens is 2. The van der Waals surface area contributed by atoms with Crippen LogP contribution < -0.4 is 20.7 Å². The molecule has 1 amide bonds. The number of likely N-dealkylation sites (N-methyl/N-ethyl adjacent to an activating group) is 2. The van der Waals surface area contributed by atoms with Gasteiger partial charge in [-0.2, -0.15) is 13.2 Å². The largest absolute Gasteiger partial charge is 0.496 e. The van der Waals surface area contributed by atoms with Gasteiger partial charge in [0.1, 0.15) is 5.75 Å². The Morgan fingerprint density at radius 2 is 1.87 bits per heavy atom. The van der Waals surface area contributed by atoms with E-state index in [1.165, 1.54) is 31.6 Å². The second-order valence-electron chi connectivity index (χ2n) is 8.99. The highest BCUT2D eigenvalue weighted by molar-refractivity contribution is 6.08. The van der Waals surface area contributed by atoms with Crippen molar-refractivity contribution in [1.29, 1.82) is 0 Å². The van der Waals surface area contributed by atoms with Gasteiger partial charge in [-0.3, -0.25) is 4.79 Å². The highest BCUT2D eigenvalue weighted by Crippen LogP contribution is 2.37. The Morgan fingerprint density at radius 1 is 1.16 bits per heavy atom. The number of likely N-dealkylation sites (tertiary alicyclic amines) is 1. The summed E-state index contributed by atoms with van der Waals surface area (Å²) < 4.78 is 46.0.